The summed E-state index contributed by atoms with van der Waals surface area (Å²) >= 11 is 1.34. The van der Waals surface area contributed by atoms with Gasteiger partial charge in [-0.15, -0.1) is 24.9 Å². The van der Waals surface area contributed by atoms with Gasteiger partial charge in [0.15, 0.2) is 0 Å². The topological polar surface area (TPSA) is 48.0 Å². The number of rotatable bonds is 6. The molecule has 0 aliphatic carbocycles. The number of hydrogen-bond acceptors (Lipinski definition) is 5. The van der Waals surface area contributed by atoms with E-state index in [1.807, 2.05) is 0 Å². The fraction of sp³-hybridized carbons (Fsp3) is 0.316. The van der Waals surface area contributed by atoms with E-state index in [0.29, 0.717) is 22.6 Å². The van der Waals surface area contributed by atoms with Gasteiger partial charge in [0.1, 0.15) is 22.6 Å². The molecule has 1 aliphatic heterocycles. The maximum absolute atomic E-state index is 12.5. The highest BCUT2D eigenvalue weighted by Gasteiger charge is 2.35. The second kappa shape index (κ2) is 8.22. The summed E-state index contributed by atoms with van der Waals surface area (Å²) in [5, 5.41) is -0.445. The molecule has 1 fully saturated rings. The molecule has 150 valence electrons. The van der Waals surface area contributed by atoms with Crippen LogP contribution in [0, 0.1) is 0 Å². The van der Waals surface area contributed by atoms with E-state index >= 15 is 0 Å². The van der Waals surface area contributed by atoms with Crippen molar-refractivity contribution in [3.63, 3.8) is 0 Å². The standard InChI is InChI=1S/C19H18F3NO4S/c1-25-15-7-4-8-16(26-2)14(15)10-23-17(24)11-28-18(23)12-5-3-6-13(9-12)27-19(20,21)22/h3-9,18H,10-11H2,1-2H3. The summed E-state index contributed by atoms with van der Waals surface area (Å²) in [7, 11) is 3.04. The Bertz CT molecular complexity index is 837. The van der Waals surface area contributed by atoms with Gasteiger partial charge >= 0.3 is 6.36 Å². The molecule has 9 heteroatoms. The Hall–Kier alpha value is -2.55. The molecular formula is C19H18F3NO4S. The summed E-state index contributed by atoms with van der Waals surface area (Å²) < 4.78 is 52.3. The minimum Gasteiger partial charge on any atom is -0.496 e. The minimum absolute atomic E-state index is 0.120. The first kappa shape index (κ1) is 20.2. The van der Waals surface area contributed by atoms with Gasteiger partial charge in [0.25, 0.3) is 0 Å². The molecule has 1 amide bonds. The van der Waals surface area contributed by atoms with Crippen molar-refractivity contribution in [2.24, 2.45) is 0 Å². The Morgan fingerprint density at radius 3 is 2.36 bits per heavy atom. The third-order valence-corrected chi connectivity index (χ3v) is 5.46. The fourth-order valence-corrected chi connectivity index (χ4v) is 4.20. The van der Waals surface area contributed by atoms with Crippen molar-refractivity contribution >= 4 is 17.7 Å². The summed E-state index contributed by atoms with van der Waals surface area (Å²) in [6.45, 7) is 0.202. The molecular weight excluding hydrogens is 395 g/mol. The van der Waals surface area contributed by atoms with E-state index < -0.39 is 11.7 Å². The molecule has 5 nitrogen and oxygen atoms in total. The first-order valence-electron chi connectivity index (χ1n) is 8.29. The van der Waals surface area contributed by atoms with Crippen molar-refractivity contribution in [2.45, 2.75) is 18.3 Å². The van der Waals surface area contributed by atoms with Crippen LogP contribution < -0.4 is 14.2 Å². The highest BCUT2D eigenvalue weighted by Crippen LogP contribution is 2.42. The molecule has 1 atom stereocenters. The number of carbonyl (C=O) groups is 1. The number of hydrogen-bond donors (Lipinski definition) is 0. The Balaban J connectivity index is 1.90. The molecule has 28 heavy (non-hydrogen) atoms. The van der Waals surface area contributed by atoms with E-state index in [1.165, 1.54) is 44.2 Å². The second-order valence-electron chi connectivity index (χ2n) is 5.95. The molecule has 0 radical (unpaired) electrons. The van der Waals surface area contributed by atoms with Crippen LogP contribution in [-0.2, 0) is 11.3 Å². The van der Waals surface area contributed by atoms with E-state index in [0.717, 1.165) is 0 Å². The zero-order chi connectivity index (χ0) is 20.3. The SMILES string of the molecule is COc1cccc(OC)c1CN1C(=O)CSC1c1cccc(OC(F)(F)F)c1. The average Bonchev–Trinajstić information content (AvgIpc) is 3.01. The molecule has 0 spiro atoms. The summed E-state index contributed by atoms with van der Waals surface area (Å²) in [5.41, 5.74) is 1.24. The van der Waals surface area contributed by atoms with Crippen molar-refractivity contribution in [2.75, 3.05) is 20.0 Å². The van der Waals surface area contributed by atoms with Crippen LogP contribution in [0.1, 0.15) is 16.5 Å². The van der Waals surface area contributed by atoms with Gasteiger partial charge in [-0.2, -0.15) is 0 Å². The quantitative estimate of drug-likeness (QED) is 0.704. The van der Waals surface area contributed by atoms with Crippen LogP contribution in [0.3, 0.4) is 0 Å². The lowest BCUT2D eigenvalue weighted by Gasteiger charge is -2.26. The number of halogens is 3. The number of benzene rings is 2. The Labute approximate surface area is 164 Å². The van der Waals surface area contributed by atoms with E-state index in [1.54, 1.807) is 29.2 Å². The van der Waals surface area contributed by atoms with Crippen molar-refractivity contribution in [3.8, 4) is 17.2 Å². The van der Waals surface area contributed by atoms with Crippen molar-refractivity contribution < 1.29 is 32.2 Å². The third-order valence-electron chi connectivity index (χ3n) is 4.20. The lowest BCUT2D eigenvalue weighted by atomic mass is 10.1. The van der Waals surface area contributed by atoms with E-state index in [2.05, 4.69) is 4.74 Å². The van der Waals surface area contributed by atoms with Gasteiger partial charge in [-0.1, -0.05) is 18.2 Å². The lowest BCUT2D eigenvalue weighted by molar-refractivity contribution is -0.274. The zero-order valence-corrected chi connectivity index (χ0v) is 16.0. The third kappa shape index (κ3) is 4.46. The maximum atomic E-state index is 12.5. The van der Waals surface area contributed by atoms with Gasteiger partial charge < -0.3 is 19.1 Å². The molecule has 0 N–H and O–H groups in total. The summed E-state index contributed by atoms with van der Waals surface area (Å²) in [5.74, 6) is 0.922. The van der Waals surface area contributed by atoms with Crippen molar-refractivity contribution in [1.29, 1.82) is 0 Å². The lowest BCUT2D eigenvalue weighted by Crippen LogP contribution is -2.28. The fourth-order valence-electron chi connectivity index (χ4n) is 3.02. The molecule has 0 aromatic heterocycles. The number of methoxy groups -OCH3 is 2. The number of thioether (sulfide) groups is 1. The maximum Gasteiger partial charge on any atom is 0.573 e. The van der Waals surface area contributed by atoms with Gasteiger partial charge in [0, 0.05) is 0 Å². The summed E-state index contributed by atoms with van der Waals surface area (Å²) in [4.78, 5) is 14.1. The van der Waals surface area contributed by atoms with Gasteiger partial charge in [-0.05, 0) is 29.8 Å². The highest BCUT2D eigenvalue weighted by atomic mass is 32.2. The van der Waals surface area contributed by atoms with Crippen LogP contribution in [0.2, 0.25) is 0 Å². The Morgan fingerprint density at radius 2 is 1.75 bits per heavy atom. The first-order valence-corrected chi connectivity index (χ1v) is 9.34. The number of amides is 1. The Kier molecular flexibility index (Phi) is 5.93. The molecule has 1 aliphatic rings. The minimum atomic E-state index is -4.78. The molecule has 0 saturated carbocycles. The van der Waals surface area contributed by atoms with Crippen LogP contribution in [0.5, 0.6) is 17.2 Å². The van der Waals surface area contributed by atoms with Gasteiger partial charge in [-0.3, -0.25) is 4.79 Å². The number of carbonyl (C=O) groups excluding carboxylic acids is 1. The Morgan fingerprint density at radius 1 is 1.11 bits per heavy atom. The second-order valence-corrected chi connectivity index (χ2v) is 7.01. The molecule has 2 aromatic rings. The number of alkyl halides is 3. The first-order chi connectivity index (χ1) is 13.3. The van der Waals surface area contributed by atoms with Crippen LogP contribution in [-0.4, -0.2) is 37.1 Å². The van der Waals surface area contributed by atoms with Crippen LogP contribution in [0.4, 0.5) is 13.2 Å². The number of nitrogens with zero attached hydrogens (tertiary/aromatic N) is 1. The van der Waals surface area contributed by atoms with E-state index in [9.17, 15) is 18.0 Å². The largest absolute Gasteiger partial charge is 0.573 e. The van der Waals surface area contributed by atoms with Crippen molar-refractivity contribution in [3.05, 3.63) is 53.6 Å². The normalized spacial score (nSPS) is 17.0. The van der Waals surface area contributed by atoms with Crippen molar-refractivity contribution in [1.82, 2.24) is 4.90 Å². The van der Waals surface area contributed by atoms with Gasteiger partial charge in [0.2, 0.25) is 5.91 Å². The van der Waals surface area contributed by atoms with E-state index in [-0.39, 0.29) is 24.0 Å². The predicted molar refractivity (Wildman–Crippen MR) is 98.4 cm³/mol. The average molecular weight is 413 g/mol. The molecule has 1 saturated heterocycles. The summed E-state index contributed by atoms with van der Waals surface area (Å²) in [6.07, 6.45) is -4.78. The number of ether oxygens (including phenoxy) is 3. The summed E-state index contributed by atoms with van der Waals surface area (Å²) in [6, 6.07) is 11.0. The molecule has 0 bridgehead atoms. The molecule has 3 rings (SSSR count). The van der Waals surface area contributed by atoms with Gasteiger partial charge in [-0.25, -0.2) is 0 Å². The molecule has 2 aromatic carbocycles. The highest BCUT2D eigenvalue weighted by molar-refractivity contribution is 8.00. The van der Waals surface area contributed by atoms with Crippen LogP contribution in [0.15, 0.2) is 42.5 Å². The van der Waals surface area contributed by atoms with E-state index in [4.69, 9.17) is 9.47 Å². The monoisotopic (exact) mass is 413 g/mol. The van der Waals surface area contributed by atoms with Crippen LogP contribution >= 0.6 is 11.8 Å². The predicted octanol–water partition coefficient (Wildman–Crippen LogP) is 4.38. The van der Waals surface area contributed by atoms with Gasteiger partial charge in [0.05, 0.1) is 32.1 Å². The smallest absolute Gasteiger partial charge is 0.496 e. The van der Waals surface area contributed by atoms with Crippen LogP contribution in [0.25, 0.3) is 0 Å². The molecule has 1 unspecified atom stereocenters. The zero-order valence-electron chi connectivity index (χ0n) is 15.2. The molecule has 1 heterocycles.